The highest BCUT2D eigenvalue weighted by molar-refractivity contribution is 7.19. The lowest BCUT2D eigenvalue weighted by Crippen LogP contribution is -2.28. The lowest BCUT2D eigenvalue weighted by atomic mass is 10.1. The van der Waals surface area contributed by atoms with Gasteiger partial charge in [0.15, 0.2) is 0 Å². The lowest BCUT2D eigenvalue weighted by molar-refractivity contribution is -0.114. The average molecular weight is 359 g/mol. The second-order valence-electron chi connectivity index (χ2n) is 6.03. The normalized spacial score (nSPS) is 10.9. The molecule has 4 rings (SSSR count). The van der Waals surface area contributed by atoms with Gasteiger partial charge in [0.25, 0.3) is 5.91 Å². The van der Waals surface area contributed by atoms with Gasteiger partial charge in [0.05, 0.1) is 12.2 Å². The summed E-state index contributed by atoms with van der Waals surface area (Å²) in [4.78, 5) is 15.1. The second kappa shape index (κ2) is 6.65. The first-order valence-electron chi connectivity index (χ1n) is 8.29. The molecule has 0 fully saturated rings. The topological polar surface area (TPSA) is 40.5 Å². The first kappa shape index (κ1) is 16.4. The Kier molecular flexibility index (Phi) is 4.19. The molecular weight excluding hydrogens is 342 g/mol. The standard InChI is InChI=1S/C22H17NO2S/c1-2-21(24)23(14-17-13-16-8-4-6-10-20(16)26-17)19-12-11-15-7-3-5-9-18(15)22(19)25/h2-13,25H,1,14H2. The van der Waals surface area contributed by atoms with Gasteiger partial charge >= 0.3 is 0 Å². The van der Waals surface area contributed by atoms with Crippen LogP contribution in [0, 0.1) is 0 Å². The number of carbonyl (C=O) groups is 1. The maximum atomic E-state index is 12.5. The number of phenolic OH excluding ortho intramolecular Hbond substituents is 1. The fourth-order valence-corrected chi connectivity index (χ4v) is 4.18. The van der Waals surface area contributed by atoms with E-state index in [0.29, 0.717) is 12.2 Å². The highest BCUT2D eigenvalue weighted by Crippen LogP contribution is 2.37. The van der Waals surface area contributed by atoms with Gasteiger partial charge in [-0.1, -0.05) is 55.1 Å². The Labute approximate surface area is 155 Å². The van der Waals surface area contributed by atoms with E-state index in [0.717, 1.165) is 21.0 Å². The van der Waals surface area contributed by atoms with Crippen LogP contribution in [0.1, 0.15) is 4.88 Å². The summed E-state index contributed by atoms with van der Waals surface area (Å²) in [6.45, 7) is 4.00. The Morgan fingerprint density at radius 3 is 2.54 bits per heavy atom. The van der Waals surface area contributed by atoms with Gasteiger partial charge in [-0.25, -0.2) is 0 Å². The molecule has 0 aliphatic rings. The van der Waals surface area contributed by atoms with Crippen LogP contribution in [0.2, 0.25) is 0 Å². The number of amides is 1. The van der Waals surface area contributed by atoms with Crippen molar-refractivity contribution in [3.63, 3.8) is 0 Å². The van der Waals surface area contributed by atoms with Gasteiger partial charge in [-0.05, 0) is 35.0 Å². The van der Waals surface area contributed by atoms with Gasteiger partial charge in [-0.2, -0.15) is 0 Å². The minimum Gasteiger partial charge on any atom is -0.505 e. The van der Waals surface area contributed by atoms with E-state index in [-0.39, 0.29) is 11.7 Å². The summed E-state index contributed by atoms with van der Waals surface area (Å²) < 4.78 is 1.18. The monoisotopic (exact) mass is 359 g/mol. The number of fused-ring (bicyclic) bond motifs is 2. The summed E-state index contributed by atoms with van der Waals surface area (Å²) in [6.07, 6.45) is 1.28. The van der Waals surface area contributed by atoms with E-state index in [4.69, 9.17) is 0 Å². The zero-order valence-corrected chi connectivity index (χ0v) is 14.9. The molecule has 0 spiro atoms. The summed E-state index contributed by atoms with van der Waals surface area (Å²) in [7, 11) is 0. The van der Waals surface area contributed by atoms with Crippen LogP contribution in [0.4, 0.5) is 5.69 Å². The number of hydrogen-bond donors (Lipinski definition) is 1. The molecule has 0 bridgehead atoms. The first-order valence-corrected chi connectivity index (χ1v) is 9.11. The highest BCUT2D eigenvalue weighted by Gasteiger charge is 2.19. The summed E-state index contributed by atoms with van der Waals surface area (Å²) in [5.41, 5.74) is 0.492. The van der Waals surface area contributed by atoms with Crippen molar-refractivity contribution < 1.29 is 9.90 Å². The highest BCUT2D eigenvalue weighted by atomic mass is 32.1. The third-order valence-electron chi connectivity index (χ3n) is 4.40. The van der Waals surface area contributed by atoms with Crippen molar-refractivity contribution in [2.45, 2.75) is 6.54 Å². The number of carbonyl (C=O) groups excluding carboxylic acids is 1. The Hall–Kier alpha value is -3.11. The molecule has 1 N–H and O–H groups in total. The molecule has 0 saturated carbocycles. The van der Waals surface area contributed by atoms with Crippen molar-refractivity contribution in [3.05, 3.63) is 84.3 Å². The Balaban J connectivity index is 1.79. The van der Waals surface area contributed by atoms with E-state index in [9.17, 15) is 9.90 Å². The van der Waals surface area contributed by atoms with Gasteiger partial charge in [-0.15, -0.1) is 11.3 Å². The number of benzene rings is 3. The van der Waals surface area contributed by atoms with Crippen LogP contribution >= 0.6 is 11.3 Å². The lowest BCUT2D eigenvalue weighted by Gasteiger charge is -2.22. The molecule has 4 aromatic rings. The van der Waals surface area contributed by atoms with Crippen LogP contribution < -0.4 is 4.90 Å². The number of phenols is 1. The van der Waals surface area contributed by atoms with Crippen molar-refractivity contribution in [2.75, 3.05) is 4.90 Å². The number of nitrogens with zero attached hydrogens (tertiary/aromatic N) is 1. The van der Waals surface area contributed by atoms with Gasteiger partial charge in [0.1, 0.15) is 5.75 Å². The fraction of sp³-hybridized carbons (Fsp3) is 0.0455. The third-order valence-corrected chi connectivity index (χ3v) is 5.50. The number of aromatic hydroxyl groups is 1. The molecule has 0 aliphatic carbocycles. The molecule has 0 saturated heterocycles. The van der Waals surface area contributed by atoms with E-state index >= 15 is 0 Å². The van der Waals surface area contributed by atoms with Crippen LogP contribution in [-0.4, -0.2) is 11.0 Å². The Morgan fingerprint density at radius 2 is 1.77 bits per heavy atom. The van der Waals surface area contributed by atoms with E-state index in [1.54, 1.807) is 22.3 Å². The first-order chi connectivity index (χ1) is 12.7. The summed E-state index contributed by atoms with van der Waals surface area (Å²) in [5, 5.41) is 13.6. The van der Waals surface area contributed by atoms with Crippen LogP contribution in [0.25, 0.3) is 20.9 Å². The van der Waals surface area contributed by atoms with E-state index in [2.05, 4.69) is 24.8 Å². The van der Waals surface area contributed by atoms with Gasteiger partial charge < -0.3 is 10.0 Å². The number of hydrogen-bond acceptors (Lipinski definition) is 3. The largest absolute Gasteiger partial charge is 0.505 e. The van der Waals surface area contributed by atoms with E-state index < -0.39 is 0 Å². The molecule has 1 amide bonds. The smallest absolute Gasteiger partial charge is 0.250 e. The second-order valence-corrected chi connectivity index (χ2v) is 7.20. The van der Waals surface area contributed by atoms with Crippen molar-refractivity contribution >= 4 is 43.8 Å². The Morgan fingerprint density at radius 1 is 1.04 bits per heavy atom. The molecule has 4 heteroatoms. The summed E-state index contributed by atoms with van der Waals surface area (Å²) >= 11 is 1.65. The summed E-state index contributed by atoms with van der Waals surface area (Å²) in [6, 6.07) is 21.5. The predicted molar refractivity (Wildman–Crippen MR) is 109 cm³/mol. The maximum absolute atomic E-state index is 12.5. The van der Waals surface area contributed by atoms with Crippen molar-refractivity contribution in [1.82, 2.24) is 0 Å². The van der Waals surface area contributed by atoms with E-state index in [1.165, 1.54) is 10.8 Å². The molecule has 3 nitrogen and oxygen atoms in total. The molecule has 0 unspecified atom stereocenters. The molecule has 1 heterocycles. The molecule has 26 heavy (non-hydrogen) atoms. The van der Waals surface area contributed by atoms with Crippen molar-refractivity contribution in [2.24, 2.45) is 0 Å². The molecular formula is C22H17NO2S. The predicted octanol–water partition coefficient (Wildman–Crippen LogP) is 5.48. The SMILES string of the molecule is C=CC(=O)N(Cc1cc2ccccc2s1)c1ccc2ccccc2c1O. The molecule has 1 aromatic heterocycles. The van der Waals surface area contributed by atoms with Crippen LogP contribution in [0.5, 0.6) is 5.75 Å². The number of rotatable bonds is 4. The minimum absolute atomic E-state index is 0.111. The van der Waals surface area contributed by atoms with Crippen LogP contribution in [0.15, 0.2) is 79.4 Å². The zero-order chi connectivity index (χ0) is 18.1. The quantitative estimate of drug-likeness (QED) is 0.490. The average Bonchev–Trinajstić information content (AvgIpc) is 3.09. The maximum Gasteiger partial charge on any atom is 0.250 e. The molecule has 0 atom stereocenters. The molecule has 0 radical (unpaired) electrons. The zero-order valence-electron chi connectivity index (χ0n) is 14.1. The number of anilines is 1. The molecule has 3 aromatic carbocycles. The number of thiophene rings is 1. The van der Waals surface area contributed by atoms with Crippen molar-refractivity contribution in [3.8, 4) is 5.75 Å². The fourth-order valence-electron chi connectivity index (χ4n) is 3.12. The van der Waals surface area contributed by atoms with Gasteiger partial charge in [0, 0.05) is 15.0 Å². The van der Waals surface area contributed by atoms with Crippen LogP contribution in [-0.2, 0) is 11.3 Å². The summed E-state index contributed by atoms with van der Waals surface area (Å²) in [5.74, 6) is -0.132. The third kappa shape index (κ3) is 2.85. The van der Waals surface area contributed by atoms with E-state index in [1.807, 2.05) is 42.5 Å². The molecule has 128 valence electrons. The minimum atomic E-state index is -0.243. The van der Waals surface area contributed by atoms with Gasteiger partial charge in [0.2, 0.25) is 0 Å². The van der Waals surface area contributed by atoms with Crippen molar-refractivity contribution in [1.29, 1.82) is 0 Å². The van der Waals surface area contributed by atoms with Gasteiger partial charge in [-0.3, -0.25) is 4.79 Å². The Bertz CT molecular complexity index is 1100. The van der Waals surface area contributed by atoms with Crippen LogP contribution in [0.3, 0.4) is 0 Å². The molecule has 0 aliphatic heterocycles.